The maximum absolute atomic E-state index is 6.07. The SMILES string of the molecule is Clc1ccc(-n2c(Cn3nccn3)nnc2N2Cc3cncnc3C2)cc1. The minimum Gasteiger partial charge on any atom is -0.330 e. The van der Waals surface area contributed by atoms with Crippen molar-refractivity contribution in [3.8, 4) is 5.69 Å². The number of aromatic nitrogens is 8. The van der Waals surface area contributed by atoms with Crippen molar-refractivity contribution in [1.29, 1.82) is 0 Å². The smallest absolute Gasteiger partial charge is 0.232 e. The number of hydrogen-bond acceptors (Lipinski definition) is 7. The molecule has 1 aliphatic heterocycles. The van der Waals surface area contributed by atoms with Crippen LogP contribution in [0.3, 0.4) is 0 Å². The van der Waals surface area contributed by atoms with Crippen LogP contribution < -0.4 is 4.90 Å². The van der Waals surface area contributed by atoms with Gasteiger partial charge in [-0.2, -0.15) is 15.0 Å². The summed E-state index contributed by atoms with van der Waals surface area (Å²) in [6, 6.07) is 7.58. The highest BCUT2D eigenvalue weighted by Crippen LogP contribution is 2.28. The molecule has 5 rings (SSSR count). The summed E-state index contributed by atoms with van der Waals surface area (Å²) in [5, 5.41) is 17.9. The highest BCUT2D eigenvalue weighted by molar-refractivity contribution is 6.30. The normalized spacial score (nSPS) is 13.1. The van der Waals surface area contributed by atoms with Crippen molar-refractivity contribution < 1.29 is 0 Å². The summed E-state index contributed by atoms with van der Waals surface area (Å²) in [4.78, 5) is 12.2. The van der Waals surface area contributed by atoms with Crippen LogP contribution in [0.25, 0.3) is 5.69 Å². The Balaban J connectivity index is 1.57. The van der Waals surface area contributed by atoms with Crippen molar-refractivity contribution in [2.45, 2.75) is 19.6 Å². The first-order valence-corrected chi connectivity index (χ1v) is 8.73. The van der Waals surface area contributed by atoms with Gasteiger partial charge in [0.15, 0.2) is 5.82 Å². The summed E-state index contributed by atoms with van der Waals surface area (Å²) in [6.45, 7) is 1.74. The van der Waals surface area contributed by atoms with Gasteiger partial charge in [-0.1, -0.05) is 11.6 Å². The van der Waals surface area contributed by atoms with Gasteiger partial charge < -0.3 is 4.90 Å². The van der Waals surface area contributed by atoms with Crippen molar-refractivity contribution in [1.82, 2.24) is 39.7 Å². The Labute approximate surface area is 159 Å². The molecule has 0 aliphatic carbocycles. The van der Waals surface area contributed by atoms with E-state index in [0.717, 1.165) is 28.7 Å². The van der Waals surface area contributed by atoms with Crippen LogP contribution in [0.2, 0.25) is 5.02 Å². The van der Waals surface area contributed by atoms with Crippen molar-refractivity contribution in [2.75, 3.05) is 4.90 Å². The molecule has 0 fully saturated rings. The van der Waals surface area contributed by atoms with E-state index in [1.807, 2.05) is 35.0 Å². The Morgan fingerprint density at radius 3 is 2.59 bits per heavy atom. The van der Waals surface area contributed by atoms with E-state index in [1.165, 1.54) is 0 Å². The van der Waals surface area contributed by atoms with Gasteiger partial charge in [0.05, 0.1) is 30.3 Å². The van der Waals surface area contributed by atoms with Crippen LogP contribution >= 0.6 is 11.6 Å². The van der Waals surface area contributed by atoms with Gasteiger partial charge in [0.25, 0.3) is 0 Å². The molecule has 0 amide bonds. The lowest BCUT2D eigenvalue weighted by Crippen LogP contribution is -2.20. The van der Waals surface area contributed by atoms with Crippen molar-refractivity contribution in [2.24, 2.45) is 0 Å². The second-order valence-electron chi connectivity index (χ2n) is 6.14. The molecule has 9 nitrogen and oxygen atoms in total. The van der Waals surface area contributed by atoms with Gasteiger partial charge in [0.1, 0.15) is 12.9 Å². The summed E-state index contributed by atoms with van der Waals surface area (Å²) in [6.07, 6.45) is 6.69. The lowest BCUT2D eigenvalue weighted by molar-refractivity contribution is 0.564. The van der Waals surface area contributed by atoms with Gasteiger partial charge in [-0.05, 0) is 24.3 Å². The minimum absolute atomic E-state index is 0.406. The topological polar surface area (TPSA) is 90.4 Å². The molecule has 0 saturated heterocycles. The van der Waals surface area contributed by atoms with Crippen LogP contribution in [0.15, 0.2) is 49.2 Å². The third-order valence-electron chi connectivity index (χ3n) is 4.41. The Kier molecular flexibility index (Phi) is 3.79. The van der Waals surface area contributed by atoms with Crippen LogP contribution in [0.1, 0.15) is 17.1 Å². The Morgan fingerprint density at radius 2 is 1.81 bits per heavy atom. The van der Waals surface area contributed by atoms with Gasteiger partial charge in [-0.25, -0.2) is 9.97 Å². The number of fused-ring (bicyclic) bond motifs is 1. The van der Waals surface area contributed by atoms with Crippen molar-refractivity contribution >= 4 is 17.5 Å². The molecular weight excluding hydrogens is 366 g/mol. The number of hydrogen-bond donors (Lipinski definition) is 0. The van der Waals surface area contributed by atoms with E-state index in [1.54, 1.807) is 23.5 Å². The minimum atomic E-state index is 0.406. The number of benzene rings is 1. The molecule has 0 saturated carbocycles. The van der Waals surface area contributed by atoms with E-state index in [2.05, 4.69) is 35.3 Å². The molecule has 3 aromatic heterocycles. The monoisotopic (exact) mass is 379 g/mol. The molecule has 0 atom stereocenters. The fourth-order valence-electron chi connectivity index (χ4n) is 3.16. The van der Waals surface area contributed by atoms with Gasteiger partial charge in [-0.15, -0.1) is 10.2 Å². The first kappa shape index (κ1) is 15.9. The first-order valence-electron chi connectivity index (χ1n) is 8.35. The fourth-order valence-corrected chi connectivity index (χ4v) is 3.29. The fraction of sp³-hybridized carbons (Fsp3) is 0.176. The van der Waals surface area contributed by atoms with Gasteiger partial charge >= 0.3 is 0 Å². The molecule has 0 N–H and O–H groups in total. The number of nitrogens with zero attached hydrogens (tertiary/aromatic N) is 9. The number of anilines is 1. The molecule has 0 radical (unpaired) electrons. The van der Waals surface area contributed by atoms with Gasteiger partial charge in [-0.3, -0.25) is 4.57 Å². The second-order valence-corrected chi connectivity index (χ2v) is 6.57. The van der Waals surface area contributed by atoms with E-state index in [0.29, 0.717) is 24.7 Å². The average molecular weight is 380 g/mol. The molecule has 0 spiro atoms. The van der Waals surface area contributed by atoms with E-state index < -0.39 is 0 Å². The molecule has 1 aliphatic rings. The predicted octanol–water partition coefficient (Wildman–Crippen LogP) is 1.87. The summed E-state index contributed by atoms with van der Waals surface area (Å²) >= 11 is 6.07. The summed E-state index contributed by atoms with van der Waals surface area (Å²) in [5.41, 5.74) is 3.02. The predicted molar refractivity (Wildman–Crippen MR) is 97.4 cm³/mol. The summed E-state index contributed by atoms with van der Waals surface area (Å²) in [7, 11) is 0. The van der Waals surface area contributed by atoms with Gasteiger partial charge in [0, 0.05) is 23.3 Å². The molecule has 0 bridgehead atoms. The average Bonchev–Trinajstić information content (AvgIpc) is 3.41. The van der Waals surface area contributed by atoms with Crippen LogP contribution in [0, 0.1) is 0 Å². The van der Waals surface area contributed by atoms with Crippen LogP contribution in [0.4, 0.5) is 5.95 Å². The highest BCUT2D eigenvalue weighted by atomic mass is 35.5. The Bertz CT molecular complexity index is 1050. The van der Waals surface area contributed by atoms with E-state index in [4.69, 9.17) is 11.6 Å². The highest BCUT2D eigenvalue weighted by Gasteiger charge is 2.26. The number of halogens is 1. The molecule has 1 aromatic carbocycles. The Hall–Kier alpha value is -3.33. The van der Waals surface area contributed by atoms with E-state index >= 15 is 0 Å². The second kappa shape index (κ2) is 6.44. The van der Waals surface area contributed by atoms with Crippen LogP contribution in [-0.4, -0.2) is 39.7 Å². The van der Waals surface area contributed by atoms with Crippen molar-refractivity contribution in [3.63, 3.8) is 0 Å². The number of rotatable bonds is 4. The zero-order chi connectivity index (χ0) is 18.2. The first-order chi connectivity index (χ1) is 13.3. The van der Waals surface area contributed by atoms with Gasteiger partial charge in [0.2, 0.25) is 5.95 Å². The van der Waals surface area contributed by atoms with Crippen molar-refractivity contribution in [3.05, 3.63) is 71.3 Å². The van der Waals surface area contributed by atoms with E-state index in [9.17, 15) is 0 Å². The standard InChI is InChI=1S/C17H14ClN9/c18-13-1-3-14(4-2-13)27-16(10-26-21-5-6-22-26)23-24-17(27)25-8-12-7-19-11-20-15(12)9-25/h1-7,11H,8-10H2. The van der Waals surface area contributed by atoms with E-state index in [-0.39, 0.29) is 0 Å². The Morgan fingerprint density at radius 1 is 1.00 bits per heavy atom. The molecule has 10 heteroatoms. The molecule has 4 aromatic rings. The summed E-state index contributed by atoms with van der Waals surface area (Å²) < 4.78 is 2.00. The van der Waals surface area contributed by atoms with Crippen LogP contribution in [0.5, 0.6) is 0 Å². The molecule has 134 valence electrons. The third-order valence-corrected chi connectivity index (χ3v) is 4.67. The molecular formula is C17H14ClN9. The molecule has 4 heterocycles. The molecule has 0 unspecified atom stereocenters. The zero-order valence-corrected chi connectivity index (χ0v) is 14.9. The third kappa shape index (κ3) is 2.91. The largest absolute Gasteiger partial charge is 0.330 e. The summed E-state index contributed by atoms with van der Waals surface area (Å²) in [5.74, 6) is 1.46. The zero-order valence-electron chi connectivity index (χ0n) is 14.1. The molecule has 27 heavy (non-hydrogen) atoms. The lowest BCUT2D eigenvalue weighted by Gasteiger charge is -2.18. The van der Waals surface area contributed by atoms with Crippen LogP contribution in [-0.2, 0) is 19.6 Å². The quantitative estimate of drug-likeness (QED) is 0.534. The maximum atomic E-state index is 6.07. The lowest BCUT2D eigenvalue weighted by atomic mass is 10.3. The maximum Gasteiger partial charge on any atom is 0.232 e.